The Morgan fingerprint density at radius 2 is 0.750 bits per heavy atom. The van der Waals surface area contributed by atoms with Gasteiger partial charge in [0, 0.05) is 73.3 Å². The van der Waals surface area contributed by atoms with Crippen LogP contribution in [-0.4, -0.2) is 61.3 Å². The molecule has 0 aromatic heterocycles. The average molecular weight is 440 g/mol. The van der Waals surface area contributed by atoms with Gasteiger partial charge in [-0.2, -0.15) is 0 Å². The van der Waals surface area contributed by atoms with Crippen LogP contribution >= 0.6 is 0 Å². The summed E-state index contributed by atoms with van der Waals surface area (Å²) in [5, 5.41) is 20.7. The average Bonchev–Trinajstić information content (AvgIpc) is 2.76. The van der Waals surface area contributed by atoms with Crippen LogP contribution in [0.1, 0.15) is 47.9 Å². The van der Waals surface area contributed by atoms with E-state index in [2.05, 4.69) is 20.0 Å². The van der Waals surface area contributed by atoms with Crippen LogP contribution in [-0.2, 0) is 0 Å². The van der Waals surface area contributed by atoms with E-state index in [4.69, 9.17) is 0 Å². The number of nitrogens with zero attached hydrogens (tertiary/aromatic N) is 4. The molecule has 0 amide bonds. The Morgan fingerprint density at radius 3 is 1.00 bits per heavy atom. The minimum atomic E-state index is -0.466. The number of fused-ring (bicyclic) bond motifs is 4. The fraction of sp³-hybridized carbons (Fsp3) is 0.333. The lowest BCUT2D eigenvalue weighted by Crippen LogP contribution is -1.96. The van der Waals surface area contributed by atoms with Gasteiger partial charge >= 0.3 is 0 Å². The van der Waals surface area contributed by atoms with E-state index in [0.717, 1.165) is 25.7 Å². The Hall–Kier alpha value is -3.42. The smallest absolute Gasteiger partial charge is 0.133 e. The maximum atomic E-state index is 13.9. The van der Waals surface area contributed by atoms with Crippen LogP contribution in [0, 0.1) is 11.6 Å². The van der Waals surface area contributed by atoms with Crippen LogP contribution in [0.25, 0.3) is 0 Å². The molecule has 4 bridgehead atoms. The molecule has 0 radical (unpaired) electrons. The Labute approximate surface area is 185 Å². The zero-order chi connectivity index (χ0) is 22.8. The van der Waals surface area contributed by atoms with Crippen molar-refractivity contribution in [1.29, 1.82) is 0 Å². The van der Waals surface area contributed by atoms with E-state index in [1.165, 1.54) is 49.1 Å². The third-order valence-electron chi connectivity index (χ3n) is 4.84. The lowest BCUT2D eigenvalue weighted by Gasteiger charge is -2.05. The highest BCUT2D eigenvalue weighted by Crippen LogP contribution is 2.23. The Kier molecular flexibility index (Phi) is 8.60. The minimum absolute atomic E-state index is 0.0524. The minimum Gasteiger partial charge on any atom is -0.507 e. The molecule has 0 spiro atoms. The fourth-order valence-corrected chi connectivity index (χ4v) is 3.14. The van der Waals surface area contributed by atoms with Crippen molar-refractivity contribution in [2.45, 2.75) is 25.7 Å². The van der Waals surface area contributed by atoms with Crippen LogP contribution in [0.5, 0.6) is 11.5 Å². The van der Waals surface area contributed by atoms with E-state index in [1.54, 1.807) is 0 Å². The molecule has 0 fully saturated rings. The maximum Gasteiger partial charge on any atom is 0.133 e. The zero-order valence-corrected chi connectivity index (χ0v) is 17.7. The second kappa shape index (κ2) is 11.8. The molecule has 1 heterocycles. The summed E-state index contributed by atoms with van der Waals surface area (Å²) < 4.78 is 27.8. The molecule has 2 aromatic rings. The summed E-state index contributed by atoms with van der Waals surface area (Å²) in [5.74, 6) is -1.04. The highest BCUT2D eigenvalue weighted by atomic mass is 19.1. The Balaban J connectivity index is 1.76. The molecule has 1 aliphatic heterocycles. The van der Waals surface area contributed by atoms with E-state index in [9.17, 15) is 19.0 Å². The first kappa shape index (κ1) is 23.2. The monoisotopic (exact) mass is 440 g/mol. The summed E-state index contributed by atoms with van der Waals surface area (Å²) in [6, 6.07) is 4.93. The van der Waals surface area contributed by atoms with Crippen molar-refractivity contribution in [3.63, 3.8) is 0 Å². The Bertz CT molecular complexity index is 891. The largest absolute Gasteiger partial charge is 0.507 e. The zero-order valence-electron chi connectivity index (χ0n) is 17.7. The molecule has 0 aliphatic carbocycles. The number of aromatic hydroxyl groups is 2. The molecule has 1 aliphatic rings. The van der Waals surface area contributed by atoms with Crippen molar-refractivity contribution in [3.8, 4) is 11.5 Å². The lowest BCUT2D eigenvalue weighted by atomic mass is 10.1. The van der Waals surface area contributed by atoms with Gasteiger partial charge in [0.05, 0.1) is 0 Å². The van der Waals surface area contributed by atoms with Crippen molar-refractivity contribution < 1.29 is 19.0 Å². The summed E-state index contributed by atoms with van der Waals surface area (Å²) in [6.45, 7) is 1.95. The van der Waals surface area contributed by atoms with E-state index < -0.39 is 11.6 Å². The summed E-state index contributed by atoms with van der Waals surface area (Å²) in [7, 11) is 0. The number of aliphatic imine (C=N–C) groups is 4. The van der Waals surface area contributed by atoms with Gasteiger partial charge in [-0.3, -0.25) is 20.0 Å². The third-order valence-corrected chi connectivity index (χ3v) is 4.84. The number of phenols is 2. The lowest BCUT2D eigenvalue weighted by molar-refractivity contribution is 0.470. The summed E-state index contributed by atoms with van der Waals surface area (Å²) in [5.41, 5.74) is 1.22. The summed E-state index contributed by atoms with van der Waals surface area (Å²) in [6.07, 6.45) is 8.72. The molecule has 0 atom stereocenters. The van der Waals surface area contributed by atoms with Gasteiger partial charge in [-0.05, 0) is 49.9 Å². The second-order valence-corrected chi connectivity index (χ2v) is 7.42. The van der Waals surface area contributed by atoms with Gasteiger partial charge in [-0.1, -0.05) is 0 Å². The third kappa shape index (κ3) is 6.80. The van der Waals surface area contributed by atoms with Crippen LogP contribution in [0.15, 0.2) is 44.2 Å². The molecular formula is C24H26F2N4O2. The molecular weight excluding hydrogens is 414 g/mol. The van der Waals surface area contributed by atoms with Crippen LogP contribution in [0.2, 0.25) is 0 Å². The quantitative estimate of drug-likeness (QED) is 0.639. The predicted octanol–water partition coefficient (Wildman–Crippen LogP) is 4.33. The summed E-state index contributed by atoms with van der Waals surface area (Å²) >= 11 is 0. The maximum absolute atomic E-state index is 13.9. The molecule has 2 N–H and O–H groups in total. The molecule has 0 saturated carbocycles. The molecule has 0 unspecified atom stereocenters. The van der Waals surface area contributed by atoms with Crippen LogP contribution in [0.4, 0.5) is 8.78 Å². The standard InChI is InChI=1S/C24H26F2N4O2/c25-21-9-17-13-27-5-1-2-6-28-14-18-10-22(26)12-20(24(18)32)16-30-8-4-3-7-29-15-19(11-21)23(17)31/h9-16,31-32H,1-8H2. The second-order valence-electron chi connectivity index (χ2n) is 7.42. The van der Waals surface area contributed by atoms with Crippen molar-refractivity contribution in [2.75, 3.05) is 26.2 Å². The van der Waals surface area contributed by atoms with Gasteiger partial charge in [-0.15, -0.1) is 0 Å². The fourth-order valence-electron chi connectivity index (χ4n) is 3.14. The topological polar surface area (TPSA) is 89.9 Å². The van der Waals surface area contributed by atoms with Gasteiger partial charge in [0.15, 0.2) is 0 Å². The predicted molar refractivity (Wildman–Crippen MR) is 124 cm³/mol. The number of hydrogen-bond acceptors (Lipinski definition) is 6. The van der Waals surface area contributed by atoms with Gasteiger partial charge in [0.2, 0.25) is 0 Å². The van der Waals surface area contributed by atoms with E-state index in [0.29, 0.717) is 48.4 Å². The van der Waals surface area contributed by atoms with Gasteiger partial charge in [0.25, 0.3) is 0 Å². The highest BCUT2D eigenvalue weighted by Gasteiger charge is 2.08. The number of benzene rings is 2. The van der Waals surface area contributed by atoms with Crippen molar-refractivity contribution in [3.05, 3.63) is 58.2 Å². The first-order valence-electron chi connectivity index (χ1n) is 10.6. The highest BCUT2D eigenvalue weighted by molar-refractivity contribution is 5.92. The van der Waals surface area contributed by atoms with Gasteiger partial charge in [-0.25, -0.2) is 8.78 Å². The molecule has 2 aromatic carbocycles. The number of phenolic OH excluding ortho intramolecular Hbond substituents is 2. The van der Waals surface area contributed by atoms with Crippen LogP contribution < -0.4 is 0 Å². The number of halogens is 2. The molecule has 0 saturated heterocycles. The molecule has 6 nitrogen and oxygen atoms in total. The van der Waals surface area contributed by atoms with E-state index in [-0.39, 0.29) is 11.5 Å². The van der Waals surface area contributed by atoms with Crippen LogP contribution in [0.3, 0.4) is 0 Å². The normalized spacial score (nSPS) is 15.8. The van der Waals surface area contributed by atoms with Gasteiger partial charge < -0.3 is 10.2 Å². The molecule has 32 heavy (non-hydrogen) atoms. The SMILES string of the molecule is Oc1c2cc(F)cc1C=NCCCCN=Cc1cc(F)cc(c1O)C=NCCCCN=C2. The molecule has 8 heteroatoms. The Morgan fingerprint density at radius 1 is 0.500 bits per heavy atom. The summed E-state index contributed by atoms with van der Waals surface area (Å²) in [4.78, 5) is 17.0. The number of rotatable bonds is 0. The molecule has 168 valence electrons. The van der Waals surface area contributed by atoms with E-state index >= 15 is 0 Å². The van der Waals surface area contributed by atoms with Crippen molar-refractivity contribution >= 4 is 24.9 Å². The molecule has 3 rings (SSSR count). The van der Waals surface area contributed by atoms with Gasteiger partial charge in [0.1, 0.15) is 23.1 Å². The number of hydrogen-bond donors (Lipinski definition) is 2. The van der Waals surface area contributed by atoms with Crippen molar-refractivity contribution in [1.82, 2.24) is 0 Å². The van der Waals surface area contributed by atoms with E-state index in [1.807, 2.05) is 0 Å². The van der Waals surface area contributed by atoms with Crippen molar-refractivity contribution in [2.24, 2.45) is 20.0 Å². The first-order valence-corrected chi connectivity index (χ1v) is 10.6. The first-order chi connectivity index (χ1) is 15.5.